The van der Waals surface area contributed by atoms with Gasteiger partial charge >= 0.3 is 0 Å². The van der Waals surface area contributed by atoms with E-state index in [9.17, 15) is 4.79 Å². The molecule has 0 unspecified atom stereocenters. The second kappa shape index (κ2) is 10.3. The Bertz CT molecular complexity index is 218. The molecule has 1 saturated heterocycles. The Morgan fingerprint density at radius 1 is 1.28 bits per heavy atom. The number of ether oxygens (including phenoxy) is 2. The first-order chi connectivity index (χ1) is 8.83. The van der Waals surface area contributed by atoms with Crippen molar-refractivity contribution in [3.8, 4) is 0 Å². The maximum absolute atomic E-state index is 11.4. The maximum atomic E-state index is 11.4. The van der Waals surface area contributed by atoms with Gasteiger partial charge < -0.3 is 20.1 Å². The highest BCUT2D eigenvalue weighted by molar-refractivity contribution is 5.75. The monoisotopic (exact) mass is 258 g/mol. The van der Waals surface area contributed by atoms with Crippen LogP contribution in [-0.2, 0) is 14.3 Å². The van der Waals surface area contributed by atoms with Crippen LogP contribution >= 0.6 is 0 Å². The van der Waals surface area contributed by atoms with E-state index in [1.165, 1.54) is 0 Å². The van der Waals surface area contributed by atoms with Crippen molar-refractivity contribution in [2.24, 2.45) is 0 Å². The summed E-state index contributed by atoms with van der Waals surface area (Å²) in [7, 11) is 0. The molecular formula is C13H26N2O3. The summed E-state index contributed by atoms with van der Waals surface area (Å²) in [5.74, 6) is 0.0417. The Kier molecular flexibility index (Phi) is 8.81. The van der Waals surface area contributed by atoms with Crippen LogP contribution in [0.5, 0.6) is 0 Å². The number of piperidine rings is 1. The molecule has 0 radical (unpaired) electrons. The van der Waals surface area contributed by atoms with E-state index in [-0.39, 0.29) is 5.91 Å². The third-order valence-corrected chi connectivity index (χ3v) is 2.89. The topological polar surface area (TPSA) is 59.6 Å². The van der Waals surface area contributed by atoms with Crippen LogP contribution in [0, 0.1) is 0 Å². The van der Waals surface area contributed by atoms with Crippen molar-refractivity contribution < 1.29 is 14.3 Å². The molecule has 1 aliphatic heterocycles. The van der Waals surface area contributed by atoms with Crippen molar-refractivity contribution in [3.05, 3.63) is 0 Å². The quantitative estimate of drug-likeness (QED) is 0.597. The lowest BCUT2D eigenvalue weighted by Gasteiger charge is -2.22. The molecule has 0 aliphatic carbocycles. The Labute approximate surface area is 110 Å². The number of amides is 1. The lowest BCUT2D eigenvalue weighted by molar-refractivity contribution is -0.122. The van der Waals surface area contributed by atoms with Gasteiger partial charge in [0.25, 0.3) is 0 Å². The summed E-state index contributed by atoms with van der Waals surface area (Å²) in [5, 5.41) is 6.13. The van der Waals surface area contributed by atoms with Gasteiger partial charge in [0.1, 0.15) is 0 Å². The first kappa shape index (κ1) is 15.4. The van der Waals surface area contributed by atoms with E-state index < -0.39 is 0 Å². The zero-order valence-corrected chi connectivity index (χ0v) is 11.4. The zero-order chi connectivity index (χ0) is 13.1. The average molecular weight is 258 g/mol. The standard InChI is InChI=1S/C13H26N2O3/c1-2-9-17-10-5-13(16)15-8-11-18-12-3-6-14-7-4-12/h12,14H,2-11H2,1H3,(H,15,16). The van der Waals surface area contributed by atoms with Gasteiger partial charge in [-0.2, -0.15) is 0 Å². The summed E-state index contributed by atoms with van der Waals surface area (Å²) >= 11 is 0. The van der Waals surface area contributed by atoms with Crippen LogP contribution in [0.3, 0.4) is 0 Å². The van der Waals surface area contributed by atoms with E-state index in [2.05, 4.69) is 17.6 Å². The second-order valence-electron chi connectivity index (χ2n) is 4.53. The molecule has 0 atom stereocenters. The SMILES string of the molecule is CCCOCCC(=O)NCCOC1CCNCC1. The van der Waals surface area contributed by atoms with E-state index in [0.717, 1.165) is 39.0 Å². The predicted molar refractivity (Wildman–Crippen MR) is 70.6 cm³/mol. The Balaban J connectivity index is 1.88. The molecule has 5 heteroatoms. The predicted octanol–water partition coefficient (Wildman–Crippen LogP) is 0.688. The Morgan fingerprint density at radius 3 is 2.78 bits per heavy atom. The van der Waals surface area contributed by atoms with E-state index >= 15 is 0 Å². The normalized spacial score (nSPS) is 16.7. The Hall–Kier alpha value is -0.650. The minimum absolute atomic E-state index is 0.0417. The Morgan fingerprint density at radius 2 is 2.06 bits per heavy atom. The van der Waals surface area contributed by atoms with Crippen molar-refractivity contribution in [3.63, 3.8) is 0 Å². The van der Waals surface area contributed by atoms with Crippen LogP contribution in [0.25, 0.3) is 0 Å². The summed E-state index contributed by atoms with van der Waals surface area (Å²) in [5.41, 5.74) is 0. The van der Waals surface area contributed by atoms with Gasteiger partial charge in [0, 0.05) is 19.6 Å². The van der Waals surface area contributed by atoms with E-state index in [0.29, 0.717) is 32.3 Å². The molecule has 106 valence electrons. The summed E-state index contributed by atoms with van der Waals surface area (Å²) in [6, 6.07) is 0. The van der Waals surface area contributed by atoms with Gasteiger partial charge in [-0.25, -0.2) is 0 Å². The number of hydrogen-bond acceptors (Lipinski definition) is 4. The first-order valence-corrected chi connectivity index (χ1v) is 6.99. The number of rotatable bonds is 9. The molecule has 1 rings (SSSR count). The number of carbonyl (C=O) groups excluding carboxylic acids is 1. The molecule has 5 nitrogen and oxygen atoms in total. The fraction of sp³-hybridized carbons (Fsp3) is 0.923. The summed E-state index contributed by atoms with van der Waals surface area (Å²) in [6.45, 7) is 6.56. The maximum Gasteiger partial charge on any atom is 0.222 e. The highest BCUT2D eigenvalue weighted by Crippen LogP contribution is 2.06. The van der Waals surface area contributed by atoms with Crippen LogP contribution in [0.2, 0.25) is 0 Å². The van der Waals surface area contributed by atoms with Crippen molar-refractivity contribution in [1.82, 2.24) is 10.6 Å². The molecule has 0 aromatic heterocycles. The van der Waals surface area contributed by atoms with Crippen LogP contribution in [0.4, 0.5) is 0 Å². The zero-order valence-electron chi connectivity index (χ0n) is 11.4. The molecule has 18 heavy (non-hydrogen) atoms. The van der Waals surface area contributed by atoms with Crippen LogP contribution in [0.15, 0.2) is 0 Å². The molecule has 0 spiro atoms. The molecule has 0 aromatic rings. The van der Waals surface area contributed by atoms with Gasteiger partial charge in [-0.05, 0) is 32.4 Å². The molecule has 2 N–H and O–H groups in total. The smallest absolute Gasteiger partial charge is 0.222 e. The number of carbonyl (C=O) groups is 1. The van der Waals surface area contributed by atoms with E-state index in [4.69, 9.17) is 9.47 Å². The van der Waals surface area contributed by atoms with Crippen molar-refractivity contribution >= 4 is 5.91 Å². The molecule has 1 amide bonds. The lowest BCUT2D eigenvalue weighted by atomic mass is 10.1. The molecule has 0 aromatic carbocycles. The van der Waals surface area contributed by atoms with Crippen molar-refractivity contribution in [1.29, 1.82) is 0 Å². The van der Waals surface area contributed by atoms with Crippen molar-refractivity contribution in [2.75, 3.05) is 39.5 Å². The first-order valence-electron chi connectivity index (χ1n) is 6.99. The number of hydrogen-bond donors (Lipinski definition) is 2. The van der Waals surface area contributed by atoms with E-state index in [1.54, 1.807) is 0 Å². The van der Waals surface area contributed by atoms with Gasteiger partial charge in [-0.15, -0.1) is 0 Å². The fourth-order valence-electron chi connectivity index (χ4n) is 1.88. The fourth-order valence-corrected chi connectivity index (χ4v) is 1.88. The highest BCUT2D eigenvalue weighted by Gasteiger charge is 2.12. The summed E-state index contributed by atoms with van der Waals surface area (Å²) in [4.78, 5) is 11.4. The average Bonchev–Trinajstić information content (AvgIpc) is 2.41. The third-order valence-electron chi connectivity index (χ3n) is 2.89. The van der Waals surface area contributed by atoms with Gasteiger partial charge in [0.2, 0.25) is 5.91 Å². The van der Waals surface area contributed by atoms with Crippen LogP contribution in [-0.4, -0.2) is 51.5 Å². The van der Waals surface area contributed by atoms with Gasteiger partial charge in [-0.1, -0.05) is 6.92 Å². The molecule has 1 fully saturated rings. The van der Waals surface area contributed by atoms with E-state index in [1.807, 2.05) is 0 Å². The third kappa shape index (κ3) is 7.63. The molecule has 1 aliphatic rings. The molecule has 0 saturated carbocycles. The van der Waals surface area contributed by atoms with Crippen molar-refractivity contribution in [2.45, 2.75) is 38.7 Å². The lowest BCUT2D eigenvalue weighted by Crippen LogP contribution is -2.35. The molecule has 0 bridgehead atoms. The number of nitrogens with one attached hydrogen (secondary N) is 2. The second-order valence-corrected chi connectivity index (χ2v) is 4.53. The largest absolute Gasteiger partial charge is 0.381 e. The van der Waals surface area contributed by atoms with Crippen LogP contribution in [0.1, 0.15) is 32.6 Å². The molecule has 1 heterocycles. The minimum Gasteiger partial charge on any atom is -0.381 e. The van der Waals surface area contributed by atoms with Crippen LogP contribution < -0.4 is 10.6 Å². The minimum atomic E-state index is 0.0417. The van der Waals surface area contributed by atoms with Gasteiger partial charge in [0.15, 0.2) is 0 Å². The summed E-state index contributed by atoms with van der Waals surface area (Å²) < 4.78 is 10.9. The summed E-state index contributed by atoms with van der Waals surface area (Å²) in [6.07, 6.45) is 3.92. The highest BCUT2D eigenvalue weighted by atomic mass is 16.5. The van der Waals surface area contributed by atoms with Gasteiger partial charge in [-0.3, -0.25) is 4.79 Å². The van der Waals surface area contributed by atoms with Gasteiger partial charge in [0.05, 0.1) is 19.3 Å². The molecular weight excluding hydrogens is 232 g/mol.